The van der Waals surface area contributed by atoms with Gasteiger partial charge in [-0.1, -0.05) is 23.7 Å². The molecule has 0 radical (unpaired) electrons. The van der Waals surface area contributed by atoms with Gasteiger partial charge in [0.25, 0.3) is 5.91 Å². The van der Waals surface area contributed by atoms with Gasteiger partial charge >= 0.3 is 0 Å². The van der Waals surface area contributed by atoms with Crippen molar-refractivity contribution in [1.29, 1.82) is 0 Å². The molecule has 28 heavy (non-hydrogen) atoms. The number of amides is 1. The van der Waals surface area contributed by atoms with Crippen LogP contribution in [0.25, 0.3) is 5.69 Å². The monoisotopic (exact) mass is 398 g/mol. The van der Waals surface area contributed by atoms with Crippen LogP contribution >= 0.6 is 11.6 Å². The average molecular weight is 399 g/mol. The second kappa shape index (κ2) is 7.64. The van der Waals surface area contributed by atoms with Crippen molar-refractivity contribution >= 4 is 23.2 Å². The number of anilines is 1. The van der Waals surface area contributed by atoms with E-state index in [2.05, 4.69) is 10.00 Å². The van der Waals surface area contributed by atoms with Crippen molar-refractivity contribution in [2.75, 3.05) is 31.1 Å². The van der Waals surface area contributed by atoms with Crippen molar-refractivity contribution in [3.05, 3.63) is 76.8 Å². The fraction of sp³-hybridized carbons (Fsp3) is 0.238. The van der Waals surface area contributed by atoms with E-state index in [9.17, 15) is 9.18 Å². The van der Waals surface area contributed by atoms with Gasteiger partial charge in [0, 0.05) is 36.9 Å². The Hall–Kier alpha value is -2.86. The summed E-state index contributed by atoms with van der Waals surface area (Å²) >= 11 is 5.95. The Morgan fingerprint density at radius 3 is 2.39 bits per heavy atom. The number of halogens is 2. The number of nitrogens with zero attached hydrogens (tertiary/aromatic N) is 4. The largest absolute Gasteiger partial charge is 0.368 e. The van der Waals surface area contributed by atoms with Crippen LogP contribution in [-0.2, 0) is 0 Å². The summed E-state index contributed by atoms with van der Waals surface area (Å²) in [6, 6.07) is 14.1. The number of para-hydroxylation sites is 1. The highest BCUT2D eigenvalue weighted by Crippen LogP contribution is 2.22. The van der Waals surface area contributed by atoms with Crippen LogP contribution in [0.1, 0.15) is 16.1 Å². The van der Waals surface area contributed by atoms with Crippen LogP contribution in [-0.4, -0.2) is 46.8 Å². The summed E-state index contributed by atoms with van der Waals surface area (Å²) in [5, 5.41) is 4.95. The molecule has 1 aliphatic rings. The maximum Gasteiger partial charge on any atom is 0.257 e. The summed E-state index contributed by atoms with van der Waals surface area (Å²) in [6.07, 6.45) is 1.52. The van der Waals surface area contributed by atoms with Crippen LogP contribution < -0.4 is 4.90 Å². The lowest BCUT2D eigenvalue weighted by atomic mass is 10.2. The van der Waals surface area contributed by atoms with E-state index in [4.69, 9.17) is 11.6 Å². The molecular formula is C21H20ClFN4O. The molecule has 1 aromatic heterocycles. The van der Waals surface area contributed by atoms with E-state index in [0.717, 1.165) is 18.8 Å². The first-order valence-corrected chi connectivity index (χ1v) is 9.51. The van der Waals surface area contributed by atoms with Gasteiger partial charge in [-0.15, -0.1) is 0 Å². The molecule has 2 aromatic carbocycles. The highest BCUT2D eigenvalue weighted by Gasteiger charge is 2.25. The molecule has 7 heteroatoms. The molecule has 3 aromatic rings. The zero-order chi connectivity index (χ0) is 19.7. The van der Waals surface area contributed by atoms with Gasteiger partial charge in [-0.25, -0.2) is 9.07 Å². The Labute approximate surface area is 167 Å². The lowest BCUT2D eigenvalue weighted by Crippen LogP contribution is -2.48. The lowest BCUT2D eigenvalue weighted by Gasteiger charge is -2.36. The molecule has 2 heterocycles. The van der Waals surface area contributed by atoms with Gasteiger partial charge in [0.05, 0.1) is 17.5 Å². The van der Waals surface area contributed by atoms with Gasteiger partial charge in [0.1, 0.15) is 11.5 Å². The van der Waals surface area contributed by atoms with Crippen LogP contribution in [0.15, 0.2) is 54.7 Å². The molecule has 0 atom stereocenters. The average Bonchev–Trinajstić information content (AvgIpc) is 3.10. The first kappa shape index (κ1) is 18.5. The first-order chi connectivity index (χ1) is 13.5. The number of carbonyl (C=O) groups excluding carboxylic acids is 1. The van der Waals surface area contributed by atoms with Gasteiger partial charge in [-0.3, -0.25) is 4.79 Å². The number of piperazine rings is 1. The highest BCUT2D eigenvalue weighted by atomic mass is 35.5. The molecule has 1 saturated heterocycles. The first-order valence-electron chi connectivity index (χ1n) is 9.14. The van der Waals surface area contributed by atoms with Crippen LogP contribution in [0, 0.1) is 12.7 Å². The van der Waals surface area contributed by atoms with Crippen LogP contribution in [0.5, 0.6) is 0 Å². The molecule has 0 unspecified atom stereocenters. The number of hydrogen-bond acceptors (Lipinski definition) is 3. The third kappa shape index (κ3) is 3.47. The van der Waals surface area contributed by atoms with Crippen molar-refractivity contribution in [3.8, 4) is 5.69 Å². The minimum atomic E-state index is -0.371. The normalized spacial score (nSPS) is 14.4. The van der Waals surface area contributed by atoms with Gasteiger partial charge < -0.3 is 9.80 Å². The minimum absolute atomic E-state index is 0.0733. The maximum atomic E-state index is 14.1. The van der Waals surface area contributed by atoms with Gasteiger partial charge in [-0.05, 0) is 43.3 Å². The number of carbonyl (C=O) groups is 1. The van der Waals surface area contributed by atoms with E-state index in [-0.39, 0.29) is 11.7 Å². The third-order valence-electron chi connectivity index (χ3n) is 5.08. The summed E-state index contributed by atoms with van der Waals surface area (Å²) in [7, 11) is 0. The summed E-state index contributed by atoms with van der Waals surface area (Å²) in [5.74, 6) is -0.444. The predicted molar refractivity (Wildman–Crippen MR) is 108 cm³/mol. The van der Waals surface area contributed by atoms with Crippen molar-refractivity contribution in [2.45, 2.75) is 6.92 Å². The molecule has 1 fully saturated rings. The standard InChI is InChI=1S/C21H20ClFN4O/c1-15-18(14-24-27(15)20-5-3-2-4-19(20)23)21(28)26-12-10-25(11-13-26)17-8-6-16(22)7-9-17/h2-9,14H,10-13H2,1H3. The van der Waals surface area contributed by atoms with Crippen LogP contribution in [0.2, 0.25) is 5.02 Å². The van der Waals surface area contributed by atoms with Crippen LogP contribution in [0.3, 0.4) is 0 Å². The molecule has 0 N–H and O–H groups in total. The second-order valence-electron chi connectivity index (χ2n) is 6.76. The molecule has 4 rings (SSSR count). The van der Waals surface area contributed by atoms with Crippen molar-refractivity contribution in [2.24, 2.45) is 0 Å². The van der Waals surface area contributed by atoms with Crippen molar-refractivity contribution < 1.29 is 9.18 Å². The quantitative estimate of drug-likeness (QED) is 0.671. The summed E-state index contributed by atoms with van der Waals surface area (Å²) in [6.45, 7) is 4.51. The molecule has 0 saturated carbocycles. The topological polar surface area (TPSA) is 41.4 Å². The summed E-state index contributed by atoms with van der Waals surface area (Å²) < 4.78 is 15.6. The minimum Gasteiger partial charge on any atom is -0.368 e. The van der Waals surface area contributed by atoms with E-state index in [1.165, 1.54) is 16.9 Å². The van der Waals surface area contributed by atoms with E-state index < -0.39 is 0 Å². The van der Waals surface area contributed by atoms with E-state index in [1.807, 2.05) is 29.2 Å². The fourth-order valence-electron chi connectivity index (χ4n) is 3.48. The Balaban J connectivity index is 1.47. The predicted octanol–water partition coefficient (Wildman–Crippen LogP) is 3.94. The Bertz CT molecular complexity index is 994. The van der Waals surface area contributed by atoms with E-state index >= 15 is 0 Å². The summed E-state index contributed by atoms with van der Waals surface area (Å²) in [4.78, 5) is 17.0. The van der Waals surface area contributed by atoms with Gasteiger partial charge in [0.2, 0.25) is 0 Å². The van der Waals surface area contributed by atoms with E-state index in [1.54, 1.807) is 25.1 Å². The zero-order valence-corrected chi connectivity index (χ0v) is 16.2. The second-order valence-corrected chi connectivity index (χ2v) is 7.20. The molecule has 5 nitrogen and oxygen atoms in total. The van der Waals surface area contributed by atoms with E-state index in [0.29, 0.717) is 35.1 Å². The van der Waals surface area contributed by atoms with Gasteiger partial charge in [0.15, 0.2) is 0 Å². The maximum absolute atomic E-state index is 14.1. The number of benzene rings is 2. The van der Waals surface area contributed by atoms with Crippen LogP contribution in [0.4, 0.5) is 10.1 Å². The molecular weight excluding hydrogens is 379 g/mol. The molecule has 0 spiro atoms. The number of rotatable bonds is 3. The number of aromatic nitrogens is 2. The number of hydrogen-bond donors (Lipinski definition) is 0. The highest BCUT2D eigenvalue weighted by molar-refractivity contribution is 6.30. The molecule has 0 aliphatic carbocycles. The van der Waals surface area contributed by atoms with Gasteiger partial charge in [-0.2, -0.15) is 5.10 Å². The smallest absolute Gasteiger partial charge is 0.257 e. The van der Waals surface area contributed by atoms with Crippen molar-refractivity contribution in [1.82, 2.24) is 14.7 Å². The fourth-order valence-corrected chi connectivity index (χ4v) is 3.60. The van der Waals surface area contributed by atoms with Crippen molar-refractivity contribution in [3.63, 3.8) is 0 Å². The molecule has 0 bridgehead atoms. The molecule has 1 aliphatic heterocycles. The Morgan fingerprint density at radius 1 is 1.04 bits per heavy atom. The lowest BCUT2D eigenvalue weighted by molar-refractivity contribution is 0.0746. The zero-order valence-electron chi connectivity index (χ0n) is 15.5. The molecule has 1 amide bonds. The molecule has 144 valence electrons. The Kier molecular flexibility index (Phi) is 5.05. The third-order valence-corrected chi connectivity index (χ3v) is 5.33. The summed E-state index contributed by atoms with van der Waals surface area (Å²) in [5.41, 5.74) is 2.57. The Morgan fingerprint density at radius 2 is 1.71 bits per heavy atom. The SMILES string of the molecule is Cc1c(C(=O)N2CCN(c3ccc(Cl)cc3)CC2)cnn1-c1ccccc1F.